The number of halogens is 1. The highest BCUT2D eigenvalue weighted by Gasteiger charge is 2.39. The summed E-state index contributed by atoms with van der Waals surface area (Å²) in [5, 5.41) is 0. The molecule has 0 spiro atoms. The van der Waals surface area contributed by atoms with Gasteiger partial charge in [0.1, 0.15) is 18.5 Å². The van der Waals surface area contributed by atoms with Crippen LogP contribution in [0.5, 0.6) is 0 Å². The van der Waals surface area contributed by atoms with Gasteiger partial charge in [-0.1, -0.05) is 117 Å². The van der Waals surface area contributed by atoms with Crippen molar-refractivity contribution in [3.05, 3.63) is 32.6 Å². The van der Waals surface area contributed by atoms with E-state index in [0.29, 0.717) is 12.4 Å². The number of aromatic nitrogens is 2. The van der Waals surface area contributed by atoms with Crippen molar-refractivity contribution >= 4 is 19.6 Å². The minimum atomic E-state index is -4.53. The third kappa shape index (κ3) is 18.8. The van der Waals surface area contributed by atoms with E-state index in [0.717, 1.165) is 29.6 Å². The van der Waals surface area contributed by atoms with Crippen LogP contribution in [-0.4, -0.2) is 64.2 Å². The van der Waals surface area contributed by atoms with Crippen LogP contribution in [0.3, 0.4) is 0 Å². The minimum Gasteiger partial charge on any atom is -0.375 e. The summed E-state index contributed by atoms with van der Waals surface area (Å²) in [4.78, 5) is 36.4. The van der Waals surface area contributed by atoms with Gasteiger partial charge in [0.2, 0.25) is 0 Å². The van der Waals surface area contributed by atoms with Crippen molar-refractivity contribution in [1.82, 2.24) is 9.55 Å². The fraction of sp³-hybridized carbons (Fsp3) is 0.886. The van der Waals surface area contributed by atoms with E-state index in [9.17, 15) is 23.4 Å². The van der Waals surface area contributed by atoms with E-state index >= 15 is 0 Å². The molecule has 0 saturated carbocycles. The van der Waals surface area contributed by atoms with Gasteiger partial charge in [-0.25, -0.2) is 13.8 Å². The highest BCUT2D eigenvalue weighted by molar-refractivity contribution is 7.99. The topological polar surface area (TPSA) is 129 Å². The Morgan fingerprint density at radius 1 is 0.938 bits per heavy atom. The third-order valence-corrected chi connectivity index (χ3v) is 10.9. The molecule has 5 unspecified atom stereocenters. The first-order valence-electron chi connectivity index (χ1n) is 18.6. The van der Waals surface area contributed by atoms with E-state index in [2.05, 4.69) is 18.8 Å². The second-order valence-electron chi connectivity index (χ2n) is 13.1. The number of hydrogen-bond donors (Lipinski definition) is 2. The Balaban J connectivity index is 1.74. The molecule has 10 nitrogen and oxygen atoms in total. The van der Waals surface area contributed by atoms with E-state index < -0.39 is 44.2 Å². The van der Waals surface area contributed by atoms with Crippen molar-refractivity contribution < 1.29 is 32.4 Å². The van der Waals surface area contributed by atoms with E-state index in [1.807, 2.05) is 0 Å². The Morgan fingerprint density at radius 3 is 2.10 bits per heavy atom. The smallest absolute Gasteiger partial charge is 0.375 e. The molecule has 1 aliphatic rings. The highest BCUT2D eigenvalue weighted by Crippen LogP contribution is 2.45. The summed E-state index contributed by atoms with van der Waals surface area (Å²) in [6.45, 7) is 5.90. The molecule has 1 fully saturated rings. The second kappa shape index (κ2) is 25.9. The third-order valence-electron chi connectivity index (χ3n) is 8.74. The molecule has 0 aliphatic carbocycles. The standard InChI is InChI=1S/C35H64FN2O8PS/c1-4-6-8-10-12-14-15-17-19-21-23-48-28-30(43-22-20-18-16-13-11-9-7-5-2)26-44-47(41,42)45-27-32-31(36)24-33(46-32)38-25-29(3)34(39)37-35(38)40/h25,30-33H,4-24,26-28H2,1-3H3,(H,41,42)(H,37,39,40). The van der Waals surface area contributed by atoms with Crippen LogP contribution >= 0.6 is 19.6 Å². The van der Waals surface area contributed by atoms with Crippen LogP contribution < -0.4 is 11.2 Å². The summed E-state index contributed by atoms with van der Waals surface area (Å²) in [7, 11) is -4.53. The van der Waals surface area contributed by atoms with Crippen molar-refractivity contribution in [3.63, 3.8) is 0 Å². The van der Waals surface area contributed by atoms with Crippen LogP contribution in [0.4, 0.5) is 4.39 Å². The molecule has 48 heavy (non-hydrogen) atoms. The fourth-order valence-corrected chi connectivity index (χ4v) is 7.52. The molecule has 0 amide bonds. The molecule has 2 N–H and O–H groups in total. The van der Waals surface area contributed by atoms with Gasteiger partial charge in [-0.3, -0.25) is 23.4 Å². The SMILES string of the molecule is CCCCCCCCCCCCSCC(COP(=O)(O)OCC1OC(n2cc(C)c(=O)[nH]c2=O)CC1F)OCCCCCCCCCC. The average molecular weight is 723 g/mol. The Bertz CT molecular complexity index is 1140. The Labute approximate surface area is 292 Å². The first-order chi connectivity index (χ1) is 23.2. The molecule has 1 saturated heterocycles. The maximum absolute atomic E-state index is 14.7. The normalized spacial score (nSPS) is 19.9. The Hall–Kier alpha value is -1.01. The zero-order valence-electron chi connectivity index (χ0n) is 29.8. The molecule has 5 atom stereocenters. The van der Waals surface area contributed by atoms with E-state index in [4.69, 9.17) is 18.5 Å². The number of nitrogens with one attached hydrogen (secondary N) is 1. The van der Waals surface area contributed by atoms with Crippen molar-refractivity contribution in [2.45, 2.75) is 167 Å². The zero-order chi connectivity index (χ0) is 35.0. The Morgan fingerprint density at radius 2 is 1.50 bits per heavy atom. The van der Waals surface area contributed by atoms with Gasteiger partial charge < -0.3 is 14.4 Å². The molecule has 0 radical (unpaired) electrons. The number of ether oxygens (including phenoxy) is 2. The number of phosphoric ester groups is 1. The first kappa shape index (κ1) is 43.2. The number of thioether (sulfide) groups is 1. The summed E-state index contributed by atoms with van der Waals surface area (Å²) in [6.07, 6.45) is 19.5. The van der Waals surface area contributed by atoms with Gasteiger partial charge in [-0.2, -0.15) is 11.8 Å². The van der Waals surface area contributed by atoms with Crippen LogP contribution in [0, 0.1) is 6.92 Å². The van der Waals surface area contributed by atoms with Gasteiger partial charge in [0.25, 0.3) is 5.56 Å². The number of H-pyrrole nitrogens is 1. The number of aromatic amines is 1. The summed E-state index contributed by atoms with van der Waals surface area (Å²) >= 11 is 1.77. The van der Waals surface area contributed by atoms with Crippen LogP contribution in [-0.2, 0) is 23.1 Å². The quantitative estimate of drug-likeness (QED) is 0.0591. The number of unbranched alkanes of at least 4 members (excludes halogenated alkanes) is 16. The molecule has 1 aromatic heterocycles. The second-order valence-corrected chi connectivity index (χ2v) is 15.7. The Kier molecular flexibility index (Phi) is 23.3. The molecule has 0 bridgehead atoms. The summed E-state index contributed by atoms with van der Waals surface area (Å²) in [5.41, 5.74) is -0.964. The molecule has 1 aromatic rings. The number of alkyl halides is 1. The van der Waals surface area contributed by atoms with Crippen molar-refractivity contribution in [1.29, 1.82) is 0 Å². The molecule has 0 aromatic carbocycles. The number of phosphoric acid groups is 1. The van der Waals surface area contributed by atoms with Gasteiger partial charge in [-0.05, 0) is 25.5 Å². The summed E-state index contributed by atoms with van der Waals surface area (Å²) in [6, 6.07) is 0. The monoisotopic (exact) mass is 722 g/mol. The van der Waals surface area contributed by atoms with Crippen molar-refractivity contribution in [2.24, 2.45) is 0 Å². The molecular formula is C35H64FN2O8PS. The van der Waals surface area contributed by atoms with Gasteiger partial charge in [-0.15, -0.1) is 0 Å². The van der Waals surface area contributed by atoms with Gasteiger partial charge in [0, 0.05) is 30.5 Å². The van der Waals surface area contributed by atoms with Crippen molar-refractivity contribution in [3.8, 4) is 0 Å². The number of rotatable bonds is 30. The van der Waals surface area contributed by atoms with Crippen molar-refractivity contribution in [2.75, 3.05) is 31.3 Å². The molecule has 2 rings (SSSR count). The van der Waals surface area contributed by atoms with Crippen LogP contribution in [0.1, 0.15) is 148 Å². The maximum atomic E-state index is 14.7. The van der Waals surface area contributed by atoms with E-state index in [-0.39, 0.29) is 24.7 Å². The van der Waals surface area contributed by atoms with E-state index in [1.54, 1.807) is 11.8 Å². The summed E-state index contributed by atoms with van der Waals surface area (Å²) in [5.74, 6) is 1.64. The first-order valence-corrected chi connectivity index (χ1v) is 21.2. The minimum absolute atomic E-state index is 0.116. The number of hydrogen-bond acceptors (Lipinski definition) is 8. The predicted molar refractivity (Wildman–Crippen MR) is 193 cm³/mol. The maximum Gasteiger partial charge on any atom is 0.472 e. The zero-order valence-corrected chi connectivity index (χ0v) is 31.6. The lowest BCUT2D eigenvalue weighted by atomic mass is 10.1. The van der Waals surface area contributed by atoms with Gasteiger partial charge >= 0.3 is 13.5 Å². The highest BCUT2D eigenvalue weighted by atomic mass is 32.2. The lowest BCUT2D eigenvalue weighted by Gasteiger charge is -2.21. The molecule has 13 heteroatoms. The average Bonchev–Trinajstić information content (AvgIpc) is 3.43. The van der Waals surface area contributed by atoms with Crippen LogP contribution in [0.25, 0.3) is 0 Å². The lowest BCUT2D eigenvalue weighted by molar-refractivity contribution is -0.0392. The molecule has 2 heterocycles. The van der Waals surface area contributed by atoms with Gasteiger partial charge in [0.15, 0.2) is 0 Å². The number of aryl methyl sites for hydroxylation is 1. The summed E-state index contributed by atoms with van der Waals surface area (Å²) < 4.78 is 50.8. The predicted octanol–water partition coefficient (Wildman–Crippen LogP) is 8.78. The molecule has 1 aliphatic heterocycles. The molecular weight excluding hydrogens is 658 g/mol. The van der Waals surface area contributed by atoms with Gasteiger partial charge in [0.05, 0.1) is 19.3 Å². The number of nitrogens with zero attached hydrogens (tertiary/aromatic N) is 1. The fourth-order valence-electron chi connectivity index (χ4n) is 5.73. The van der Waals surface area contributed by atoms with E-state index in [1.165, 1.54) is 109 Å². The van der Waals surface area contributed by atoms with Crippen LogP contribution in [0.15, 0.2) is 15.8 Å². The largest absolute Gasteiger partial charge is 0.472 e. The van der Waals surface area contributed by atoms with Crippen LogP contribution in [0.2, 0.25) is 0 Å². The lowest BCUT2D eigenvalue weighted by Crippen LogP contribution is -2.33. The molecule has 280 valence electrons.